The molecule has 2 rings (SSSR count). The lowest BCUT2D eigenvalue weighted by atomic mass is 9.99. The van der Waals surface area contributed by atoms with Gasteiger partial charge in [-0.15, -0.1) is 0 Å². The third-order valence-corrected chi connectivity index (χ3v) is 3.33. The highest BCUT2D eigenvalue weighted by molar-refractivity contribution is 5.42. The molecule has 1 aliphatic rings. The number of rotatable bonds is 5. The Hall–Kier alpha value is -1.30. The van der Waals surface area contributed by atoms with Gasteiger partial charge in [-0.05, 0) is 13.0 Å². The standard InChI is InChI=1S/C14H21NO4/c1-14(18-6-7-19-14)9-12(15)11-5-4-10(16-2)8-13(11)17-3/h4-5,8,12H,6-7,9,15H2,1-3H3. The average molecular weight is 267 g/mol. The number of ether oxygens (including phenoxy) is 4. The Morgan fingerprint density at radius 2 is 1.95 bits per heavy atom. The SMILES string of the molecule is COc1ccc(C(N)CC2(C)OCCO2)c(OC)c1. The van der Waals surface area contributed by atoms with Gasteiger partial charge in [0.1, 0.15) is 11.5 Å². The van der Waals surface area contributed by atoms with Crippen molar-refractivity contribution in [2.45, 2.75) is 25.2 Å². The second kappa shape index (κ2) is 5.77. The third-order valence-electron chi connectivity index (χ3n) is 3.33. The summed E-state index contributed by atoms with van der Waals surface area (Å²) in [6.45, 7) is 3.14. The first-order valence-corrected chi connectivity index (χ1v) is 6.33. The molecule has 1 aromatic carbocycles. The van der Waals surface area contributed by atoms with Crippen LogP contribution < -0.4 is 15.2 Å². The lowest BCUT2D eigenvalue weighted by molar-refractivity contribution is -0.150. The molecule has 1 atom stereocenters. The molecule has 1 saturated heterocycles. The average Bonchev–Trinajstić information content (AvgIpc) is 2.84. The van der Waals surface area contributed by atoms with Gasteiger partial charge in [-0.1, -0.05) is 6.07 Å². The highest BCUT2D eigenvalue weighted by atomic mass is 16.7. The molecule has 1 fully saturated rings. The van der Waals surface area contributed by atoms with Crippen LogP contribution in [0, 0.1) is 0 Å². The van der Waals surface area contributed by atoms with E-state index in [0.717, 1.165) is 11.3 Å². The first kappa shape index (κ1) is 14.1. The van der Waals surface area contributed by atoms with Crippen molar-refractivity contribution < 1.29 is 18.9 Å². The van der Waals surface area contributed by atoms with Crippen molar-refractivity contribution in [3.8, 4) is 11.5 Å². The Morgan fingerprint density at radius 3 is 2.53 bits per heavy atom. The number of hydrogen-bond acceptors (Lipinski definition) is 5. The first-order valence-electron chi connectivity index (χ1n) is 6.33. The van der Waals surface area contributed by atoms with Crippen molar-refractivity contribution in [1.82, 2.24) is 0 Å². The summed E-state index contributed by atoms with van der Waals surface area (Å²) in [7, 11) is 3.24. The lowest BCUT2D eigenvalue weighted by Gasteiger charge is -2.26. The molecule has 0 spiro atoms. The minimum absolute atomic E-state index is 0.219. The molecule has 106 valence electrons. The largest absolute Gasteiger partial charge is 0.497 e. The molecule has 1 aliphatic heterocycles. The summed E-state index contributed by atoms with van der Waals surface area (Å²) in [5.74, 6) is 0.852. The monoisotopic (exact) mass is 267 g/mol. The molecule has 2 N–H and O–H groups in total. The number of benzene rings is 1. The van der Waals surface area contributed by atoms with E-state index in [1.165, 1.54) is 0 Å². The molecule has 1 unspecified atom stereocenters. The summed E-state index contributed by atoms with van der Waals surface area (Å²) in [4.78, 5) is 0. The van der Waals surface area contributed by atoms with Gasteiger partial charge in [0.15, 0.2) is 5.79 Å². The van der Waals surface area contributed by atoms with Crippen LogP contribution in [0.5, 0.6) is 11.5 Å². The molecule has 19 heavy (non-hydrogen) atoms. The smallest absolute Gasteiger partial charge is 0.167 e. The topological polar surface area (TPSA) is 62.9 Å². The van der Waals surface area contributed by atoms with Crippen molar-refractivity contribution in [2.75, 3.05) is 27.4 Å². The maximum atomic E-state index is 6.25. The zero-order valence-corrected chi connectivity index (χ0v) is 11.6. The minimum Gasteiger partial charge on any atom is -0.497 e. The Balaban J connectivity index is 2.16. The fourth-order valence-electron chi connectivity index (χ4n) is 2.31. The van der Waals surface area contributed by atoms with E-state index < -0.39 is 5.79 Å². The number of hydrogen-bond donors (Lipinski definition) is 1. The van der Waals surface area contributed by atoms with Gasteiger partial charge in [0.2, 0.25) is 0 Å². The van der Waals surface area contributed by atoms with E-state index in [9.17, 15) is 0 Å². The predicted octanol–water partition coefficient (Wildman–Crippen LogP) is 1.86. The van der Waals surface area contributed by atoms with Crippen molar-refractivity contribution in [1.29, 1.82) is 0 Å². The number of methoxy groups -OCH3 is 2. The van der Waals surface area contributed by atoms with E-state index in [2.05, 4.69) is 0 Å². The van der Waals surface area contributed by atoms with Gasteiger partial charge < -0.3 is 24.7 Å². The van der Waals surface area contributed by atoms with Crippen LogP contribution in [0.1, 0.15) is 24.9 Å². The zero-order valence-electron chi connectivity index (χ0n) is 11.6. The van der Waals surface area contributed by atoms with Crippen LogP contribution in [-0.2, 0) is 9.47 Å². The lowest BCUT2D eigenvalue weighted by Crippen LogP contribution is -2.31. The van der Waals surface area contributed by atoms with E-state index in [4.69, 9.17) is 24.7 Å². The van der Waals surface area contributed by atoms with Gasteiger partial charge in [-0.2, -0.15) is 0 Å². The molecule has 5 heteroatoms. The van der Waals surface area contributed by atoms with E-state index in [0.29, 0.717) is 25.4 Å². The molecule has 0 bridgehead atoms. The van der Waals surface area contributed by atoms with E-state index >= 15 is 0 Å². The summed E-state index contributed by atoms with van der Waals surface area (Å²) < 4.78 is 21.7. The van der Waals surface area contributed by atoms with Crippen LogP contribution in [-0.4, -0.2) is 33.2 Å². The Morgan fingerprint density at radius 1 is 1.26 bits per heavy atom. The summed E-state index contributed by atoms with van der Waals surface area (Å²) in [6, 6.07) is 5.40. The predicted molar refractivity (Wildman–Crippen MR) is 71.4 cm³/mol. The molecule has 0 aliphatic carbocycles. The second-order valence-electron chi connectivity index (χ2n) is 4.75. The van der Waals surface area contributed by atoms with Crippen LogP contribution in [0.4, 0.5) is 0 Å². The molecule has 1 heterocycles. The van der Waals surface area contributed by atoms with E-state index in [1.807, 2.05) is 25.1 Å². The van der Waals surface area contributed by atoms with Gasteiger partial charge in [-0.3, -0.25) is 0 Å². The van der Waals surface area contributed by atoms with Crippen LogP contribution in [0.3, 0.4) is 0 Å². The summed E-state index contributed by atoms with van der Waals surface area (Å²) in [5, 5.41) is 0. The number of nitrogens with two attached hydrogens (primary N) is 1. The van der Waals surface area contributed by atoms with Gasteiger partial charge in [0.05, 0.1) is 27.4 Å². The van der Waals surface area contributed by atoms with Crippen LogP contribution in [0.2, 0.25) is 0 Å². The molecule has 1 aromatic rings. The molecule has 0 radical (unpaired) electrons. The van der Waals surface area contributed by atoms with Crippen molar-refractivity contribution >= 4 is 0 Å². The highest BCUT2D eigenvalue weighted by Gasteiger charge is 2.34. The van der Waals surface area contributed by atoms with Crippen LogP contribution in [0.25, 0.3) is 0 Å². The van der Waals surface area contributed by atoms with Gasteiger partial charge in [0.25, 0.3) is 0 Å². The minimum atomic E-state index is -0.607. The third kappa shape index (κ3) is 3.18. The molecule has 0 aromatic heterocycles. The van der Waals surface area contributed by atoms with E-state index in [1.54, 1.807) is 14.2 Å². The highest BCUT2D eigenvalue weighted by Crippen LogP contribution is 2.34. The summed E-state index contributed by atoms with van der Waals surface area (Å²) >= 11 is 0. The quantitative estimate of drug-likeness (QED) is 0.882. The zero-order chi connectivity index (χ0) is 13.9. The molecular formula is C14H21NO4. The maximum absolute atomic E-state index is 6.25. The van der Waals surface area contributed by atoms with Crippen LogP contribution >= 0.6 is 0 Å². The fourth-order valence-corrected chi connectivity index (χ4v) is 2.31. The van der Waals surface area contributed by atoms with E-state index in [-0.39, 0.29) is 6.04 Å². The first-order chi connectivity index (χ1) is 9.08. The second-order valence-corrected chi connectivity index (χ2v) is 4.75. The molecule has 0 saturated carbocycles. The summed E-state index contributed by atoms with van der Waals surface area (Å²) in [6.07, 6.45) is 0.579. The Kier molecular flexibility index (Phi) is 4.29. The van der Waals surface area contributed by atoms with Gasteiger partial charge in [-0.25, -0.2) is 0 Å². The van der Waals surface area contributed by atoms with Crippen LogP contribution in [0.15, 0.2) is 18.2 Å². The van der Waals surface area contributed by atoms with Gasteiger partial charge in [0, 0.05) is 24.1 Å². The Bertz CT molecular complexity index is 429. The summed E-state index contributed by atoms with van der Waals surface area (Å²) in [5.41, 5.74) is 7.17. The Labute approximate surface area is 113 Å². The molecule has 0 amide bonds. The van der Waals surface area contributed by atoms with Gasteiger partial charge >= 0.3 is 0 Å². The fraction of sp³-hybridized carbons (Fsp3) is 0.571. The maximum Gasteiger partial charge on any atom is 0.167 e. The molecule has 5 nitrogen and oxygen atoms in total. The van der Waals surface area contributed by atoms with Crippen molar-refractivity contribution in [3.05, 3.63) is 23.8 Å². The normalized spacial score (nSPS) is 19.2. The van der Waals surface area contributed by atoms with Crippen molar-refractivity contribution in [3.63, 3.8) is 0 Å². The van der Waals surface area contributed by atoms with Crippen molar-refractivity contribution in [2.24, 2.45) is 5.73 Å². The molecular weight excluding hydrogens is 246 g/mol.